The maximum atomic E-state index is 10.3. The molecule has 0 spiro atoms. The number of nitrogens with zero attached hydrogens (tertiary/aromatic N) is 1. The molecule has 0 aromatic heterocycles. The van der Waals surface area contributed by atoms with Crippen LogP contribution in [0.15, 0.2) is 0 Å². The SMILES string of the molecule is NC[C@@H]1CCCN1CC(=O)O. The zero-order valence-electron chi connectivity index (χ0n) is 6.49. The zero-order valence-corrected chi connectivity index (χ0v) is 6.49. The number of rotatable bonds is 3. The Morgan fingerprint density at radius 3 is 3.00 bits per heavy atom. The number of carboxylic acids is 1. The molecule has 0 unspecified atom stereocenters. The van der Waals surface area contributed by atoms with Crippen LogP contribution >= 0.6 is 0 Å². The number of likely N-dealkylation sites (tertiary alicyclic amines) is 1. The highest BCUT2D eigenvalue weighted by molar-refractivity contribution is 5.69. The average molecular weight is 158 g/mol. The second-order valence-corrected chi connectivity index (χ2v) is 2.90. The molecule has 1 aliphatic heterocycles. The molecule has 0 aromatic rings. The first-order chi connectivity index (χ1) is 5.24. The van der Waals surface area contributed by atoms with Crippen molar-refractivity contribution in [2.75, 3.05) is 19.6 Å². The van der Waals surface area contributed by atoms with Gasteiger partial charge in [-0.3, -0.25) is 9.69 Å². The van der Waals surface area contributed by atoms with E-state index in [2.05, 4.69) is 0 Å². The van der Waals surface area contributed by atoms with Gasteiger partial charge in [0, 0.05) is 12.6 Å². The Morgan fingerprint density at radius 1 is 1.73 bits per heavy atom. The summed E-state index contributed by atoms with van der Waals surface area (Å²) in [5, 5.41) is 8.50. The van der Waals surface area contributed by atoms with E-state index in [4.69, 9.17) is 10.8 Å². The Morgan fingerprint density at radius 2 is 2.45 bits per heavy atom. The molecule has 1 saturated heterocycles. The van der Waals surface area contributed by atoms with E-state index < -0.39 is 5.97 Å². The molecule has 1 heterocycles. The van der Waals surface area contributed by atoms with Gasteiger partial charge in [0.25, 0.3) is 0 Å². The van der Waals surface area contributed by atoms with Crippen molar-refractivity contribution >= 4 is 5.97 Å². The molecule has 4 nitrogen and oxygen atoms in total. The predicted molar refractivity (Wildman–Crippen MR) is 41.3 cm³/mol. The van der Waals surface area contributed by atoms with Crippen molar-refractivity contribution in [1.29, 1.82) is 0 Å². The average Bonchev–Trinajstić information content (AvgIpc) is 2.34. The summed E-state index contributed by atoms with van der Waals surface area (Å²) in [6.07, 6.45) is 2.12. The van der Waals surface area contributed by atoms with E-state index in [-0.39, 0.29) is 6.54 Å². The molecule has 0 bridgehead atoms. The van der Waals surface area contributed by atoms with Crippen molar-refractivity contribution in [3.63, 3.8) is 0 Å². The first kappa shape index (κ1) is 8.49. The molecule has 1 rings (SSSR count). The normalized spacial score (nSPS) is 25.7. The zero-order chi connectivity index (χ0) is 8.27. The van der Waals surface area contributed by atoms with Gasteiger partial charge in [-0.2, -0.15) is 0 Å². The van der Waals surface area contributed by atoms with Crippen LogP contribution in [-0.4, -0.2) is 41.7 Å². The lowest BCUT2D eigenvalue weighted by atomic mass is 10.2. The summed E-state index contributed by atoms with van der Waals surface area (Å²) in [6, 6.07) is 0.297. The molecule has 0 aliphatic carbocycles. The van der Waals surface area contributed by atoms with Gasteiger partial charge in [0.15, 0.2) is 0 Å². The van der Waals surface area contributed by atoms with Crippen LogP contribution in [-0.2, 0) is 4.79 Å². The van der Waals surface area contributed by atoms with Gasteiger partial charge >= 0.3 is 5.97 Å². The second kappa shape index (κ2) is 3.69. The number of aliphatic carboxylic acids is 1. The minimum absolute atomic E-state index is 0.141. The molecule has 0 amide bonds. The van der Waals surface area contributed by atoms with Crippen LogP contribution in [0.2, 0.25) is 0 Å². The molecule has 0 aromatic carbocycles. The fourth-order valence-electron chi connectivity index (χ4n) is 1.54. The summed E-state index contributed by atoms with van der Waals surface area (Å²) >= 11 is 0. The third-order valence-corrected chi connectivity index (χ3v) is 2.11. The van der Waals surface area contributed by atoms with E-state index in [0.29, 0.717) is 12.6 Å². The topological polar surface area (TPSA) is 66.6 Å². The summed E-state index contributed by atoms with van der Waals surface area (Å²) in [4.78, 5) is 12.3. The fraction of sp³-hybridized carbons (Fsp3) is 0.857. The first-order valence-electron chi connectivity index (χ1n) is 3.90. The smallest absolute Gasteiger partial charge is 0.317 e. The lowest BCUT2D eigenvalue weighted by molar-refractivity contribution is -0.138. The van der Waals surface area contributed by atoms with E-state index in [9.17, 15) is 4.79 Å². The Labute approximate surface area is 66.0 Å². The number of carbonyl (C=O) groups is 1. The lowest BCUT2D eigenvalue weighted by Crippen LogP contribution is -2.38. The minimum Gasteiger partial charge on any atom is -0.480 e. The Bertz CT molecular complexity index is 149. The highest BCUT2D eigenvalue weighted by Crippen LogP contribution is 2.14. The second-order valence-electron chi connectivity index (χ2n) is 2.90. The van der Waals surface area contributed by atoms with Crippen molar-refractivity contribution in [3.8, 4) is 0 Å². The molecule has 1 fully saturated rings. The third-order valence-electron chi connectivity index (χ3n) is 2.11. The lowest BCUT2D eigenvalue weighted by Gasteiger charge is -2.20. The van der Waals surface area contributed by atoms with Crippen molar-refractivity contribution in [3.05, 3.63) is 0 Å². The van der Waals surface area contributed by atoms with Crippen molar-refractivity contribution in [2.24, 2.45) is 5.73 Å². The standard InChI is InChI=1S/C7H14N2O2/c8-4-6-2-1-3-9(6)5-7(10)11/h6H,1-5,8H2,(H,10,11)/t6-/m0/s1. The van der Waals surface area contributed by atoms with Crippen LogP contribution in [0.4, 0.5) is 0 Å². The Hall–Kier alpha value is -0.610. The molecule has 0 saturated carbocycles. The van der Waals surface area contributed by atoms with Crippen molar-refractivity contribution in [2.45, 2.75) is 18.9 Å². The molecular weight excluding hydrogens is 144 g/mol. The highest BCUT2D eigenvalue weighted by atomic mass is 16.4. The minimum atomic E-state index is -0.759. The summed E-state index contributed by atoms with van der Waals surface area (Å²) in [5.74, 6) is -0.759. The van der Waals surface area contributed by atoms with Gasteiger partial charge in [-0.1, -0.05) is 0 Å². The van der Waals surface area contributed by atoms with Gasteiger partial charge in [0.1, 0.15) is 0 Å². The highest BCUT2D eigenvalue weighted by Gasteiger charge is 2.24. The summed E-state index contributed by atoms with van der Waals surface area (Å²) < 4.78 is 0. The summed E-state index contributed by atoms with van der Waals surface area (Å²) in [7, 11) is 0. The quantitative estimate of drug-likeness (QED) is 0.580. The largest absolute Gasteiger partial charge is 0.480 e. The molecule has 1 atom stereocenters. The van der Waals surface area contributed by atoms with E-state index in [0.717, 1.165) is 19.4 Å². The Kier molecular flexibility index (Phi) is 2.84. The summed E-state index contributed by atoms with van der Waals surface area (Å²) in [6.45, 7) is 1.60. The fourth-order valence-corrected chi connectivity index (χ4v) is 1.54. The van der Waals surface area contributed by atoms with Crippen LogP contribution in [0, 0.1) is 0 Å². The van der Waals surface area contributed by atoms with Crippen molar-refractivity contribution in [1.82, 2.24) is 4.90 Å². The Balaban J connectivity index is 2.37. The van der Waals surface area contributed by atoms with Gasteiger partial charge in [-0.15, -0.1) is 0 Å². The van der Waals surface area contributed by atoms with Gasteiger partial charge < -0.3 is 10.8 Å². The number of hydrogen-bond donors (Lipinski definition) is 2. The van der Waals surface area contributed by atoms with E-state index >= 15 is 0 Å². The van der Waals surface area contributed by atoms with Crippen LogP contribution in [0.25, 0.3) is 0 Å². The van der Waals surface area contributed by atoms with E-state index in [1.165, 1.54) is 0 Å². The van der Waals surface area contributed by atoms with Crippen molar-refractivity contribution < 1.29 is 9.90 Å². The third kappa shape index (κ3) is 2.17. The number of nitrogens with two attached hydrogens (primary N) is 1. The molecule has 1 aliphatic rings. The van der Waals surface area contributed by atoms with E-state index in [1.807, 2.05) is 4.90 Å². The number of carboxylic acid groups (broad SMARTS) is 1. The molecule has 11 heavy (non-hydrogen) atoms. The maximum absolute atomic E-state index is 10.3. The monoisotopic (exact) mass is 158 g/mol. The van der Waals surface area contributed by atoms with Gasteiger partial charge in [0.05, 0.1) is 6.54 Å². The van der Waals surface area contributed by atoms with Crippen LogP contribution < -0.4 is 5.73 Å². The maximum Gasteiger partial charge on any atom is 0.317 e. The summed E-state index contributed by atoms with van der Waals surface area (Å²) in [5.41, 5.74) is 5.47. The van der Waals surface area contributed by atoms with Crippen LogP contribution in [0.5, 0.6) is 0 Å². The molecule has 3 N–H and O–H groups in total. The van der Waals surface area contributed by atoms with Gasteiger partial charge in [-0.05, 0) is 19.4 Å². The molecule has 4 heteroatoms. The molecular formula is C7H14N2O2. The van der Waals surface area contributed by atoms with Crippen LogP contribution in [0.1, 0.15) is 12.8 Å². The van der Waals surface area contributed by atoms with E-state index in [1.54, 1.807) is 0 Å². The van der Waals surface area contributed by atoms with Crippen LogP contribution in [0.3, 0.4) is 0 Å². The predicted octanol–water partition coefficient (Wildman–Crippen LogP) is -0.506. The first-order valence-corrected chi connectivity index (χ1v) is 3.90. The molecule has 64 valence electrons. The molecule has 0 radical (unpaired) electrons. The number of hydrogen-bond acceptors (Lipinski definition) is 3. The van der Waals surface area contributed by atoms with Gasteiger partial charge in [-0.25, -0.2) is 0 Å². The van der Waals surface area contributed by atoms with Gasteiger partial charge in [0.2, 0.25) is 0 Å².